The highest BCUT2D eigenvalue weighted by atomic mass is 31.0. The van der Waals surface area contributed by atoms with Crippen LogP contribution in [0, 0.1) is 0 Å². The molecule has 0 bridgehead atoms. The third-order valence-corrected chi connectivity index (χ3v) is 2.22. The monoisotopic (exact) mass is 135 g/mol. The molecule has 0 aliphatic heterocycles. The fourth-order valence-electron chi connectivity index (χ4n) is 0.235. The van der Waals surface area contributed by atoms with Gasteiger partial charge in [-0.2, -0.15) is 0 Å². The van der Waals surface area contributed by atoms with Crippen LogP contribution < -0.4 is 5.73 Å². The Morgan fingerprint density at radius 2 is 2.12 bits per heavy atom. The molecule has 0 amide bonds. The lowest BCUT2D eigenvalue weighted by Gasteiger charge is -2.24. The normalized spacial score (nSPS) is 16.1. The van der Waals surface area contributed by atoms with E-state index in [2.05, 4.69) is 9.24 Å². The molecule has 0 aromatic carbocycles. The molecule has 0 rings (SSSR count). The van der Waals surface area contributed by atoms with Gasteiger partial charge >= 0.3 is 0 Å². The van der Waals surface area contributed by atoms with Gasteiger partial charge in [0.15, 0.2) is 0 Å². The van der Waals surface area contributed by atoms with Gasteiger partial charge in [0, 0.05) is 11.2 Å². The molecule has 0 radical (unpaired) electrons. The molecule has 3 heteroatoms. The number of nitrogens with two attached hydrogens (primary N) is 1. The zero-order valence-electron chi connectivity index (χ0n) is 5.39. The molecule has 0 aromatic heterocycles. The number of rotatable bonds is 2. The molecule has 2 nitrogen and oxygen atoms in total. The molecular weight excluding hydrogens is 121 g/mol. The van der Waals surface area contributed by atoms with E-state index < -0.39 is 0 Å². The number of hydrogen-bond acceptors (Lipinski definition) is 2. The van der Waals surface area contributed by atoms with Crippen molar-refractivity contribution in [1.82, 2.24) is 0 Å². The highest BCUT2D eigenvalue weighted by Crippen LogP contribution is 2.12. The molecule has 2 atom stereocenters. The third kappa shape index (κ3) is 2.61. The van der Waals surface area contributed by atoms with Crippen molar-refractivity contribution in [1.29, 1.82) is 0 Å². The highest BCUT2D eigenvalue weighted by molar-refractivity contribution is 7.17. The zero-order valence-corrected chi connectivity index (χ0v) is 6.54. The molecule has 0 aromatic rings. The number of hydrogen-bond donors (Lipinski definition) is 2. The molecule has 2 unspecified atom stereocenters. The molecule has 0 saturated heterocycles. The van der Waals surface area contributed by atoms with E-state index in [4.69, 9.17) is 10.8 Å². The van der Waals surface area contributed by atoms with E-state index in [0.29, 0.717) is 0 Å². The van der Waals surface area contributed by atoms with E-state index in [0.717, 1.165) is 0 Å². The SMILES string of the molecule is CC(C)(N)C(P)CO. The average molecular weight is 135 g/mol. The van der Waals surface area contributed by atoms with Crippen LogP contribution in [0.5, 0.6) is 0 Å². The van der Waals surface area contributed by atoms with Crippen molar-refractivity contribution >= 4 is 9.24 Å². The van der Waals surface area contributed by atoms with Crippen LogP contribution in [0.2, 0.25) is 0 Å². The van der Waals surface area contributed by atoms with E-state index in [1.807, 2.05) is 13.8 Å². The van der Waals surface area contributed by atoms with Crippen LogP contribution in [-0.2, 0) is 0 Å². The summed E-state index contributed by atoms with van der Waals surface area (Å²) in [5.41, 5.74) is 5.43. The molecule has 8 heavy (non-hydrogen) atoms. The lowest BCUT2D eigenvalue weighted by Crippen LogP contribution is -2.43. The molecule has 0 aliphatic rings. The van der Waals surface area contributed by atoms with Gasteiger partial charge in [0.05, 0.1) is 6.61 Å². The standard InChI is InChI=1S/C5H14NOP/c1-5(2,6)4(8)3-7/h4,7H,3,6,8H2,1-2H3. The van der Waals surface area contributed by atoms with Crippen LogP contribution >= 0.6 is 9.24 Å². The smallest absolute Gasteiger partial charge is 0.0511 e. The van der Waals surface area contributed by atoms with E-state index in [9.17, 15) is 0 Å². The van der Waals surface area contributed by atoms with E-state index in [1.54, 1.807) is 0 Å². The predicted octanol–water partition coefficient (Wildman–Crippen LogP) is -0.0403. The van der Waals surface area contributed by atoms with Crippen molar-refractivity contribution in [3.8, 4) is 0 Å². The van der Waals surface area contributed by atoms with Gasteiger partial charge in [-0.3, -0.25) is 0 Å². The second-order valence-electron chi connectivity index (χ2n) is 2.61. The van der Waals surface area contributed by atoms with Gasteiger partial charge < -0.3 is 10.8 Å². The minimum Gasteiger partial charge on any atom is -0.396 e. The van der Waals surface area contributed by atoms with Crippen LogP contribution in [0.15, 0.2) is 0 Å². The van der Waals surface area contributed by atoms with Gasteiger partial charge in [-0.1, -0.05) is 0 Å². The van der Waals surface area contributed by atoms with Crippen LogP contribution in [0.25, 0.3) is 0 Å². The molecule has 3 N–H and O–H groups in total. The predicted molar refractivity (Wildman–Crippen MR) is 38.9 cm³/mol. The van der Waals surface area contributed by atoms with Gasteiger partial charge in [-0.15, -0.1) is 9.24 Å². The molecule has 0 saturated carbocycles. The summed E-state index contributed by atoms with van der Waals surface area (Å²) in [5.74, 6) is 0. The first-order chi connectivity index (χ1) is 3.48. The van der Waals surface area contributed by atoms with Crippen LogP contribution in [-0.4, -0.2) is 22.9 Å². The van der Waals surface area contributed by atoms with Gasteiger partial charge in [0.1, 0.15) is 0 Å². The lowest BCUT2D eigenvalue weighted by molar-refractivity contribution is 0.261. The molecule has 50 valence electrons. The number of aliphatic hydroxyl groups is 1. The molecule has 0 fully saturated rings. The maximum absolute atomic E-state index is 8.57. The third-order valence-electron chi connectivity index (χ3n) is 1.15. The Labute approximate surface area is 52.7 Å². The fraction of sp³-hybridized carbons (Fsp3) is 1.00. The second kappa shape index (κ2) is 2.77. The highest BCUT2D eigenvalue weighted by Gasteiger charge is 2.18. The van der Waals surface area contributed by atoms with Crippen molar-refractivity contribution in [3.05, 3.63) is 0 Å². The first-order valence-electron chi connectivity index (χ1n) is 2.64. The summed E-state index contributed by atoms with van der Waals surface area (Å²) >= 11 is 0. The van der Waals surface area contributed by atoms with E-state index in [1.165, 1.54) is 0 Å². The first kappa shape index (κ1) is 8.35. The first-order valence-corrected chi connectivity index (χ1v) is 3.30. The summed E-state index contributed by atoms with van der Waals surface area (Å²) in [5, 5.41) is 8.57. The van der Waals surface area contributed by atoms with E-state index in [-0.39, 0.29) is 17.8 Å². The zero-order chi connectivity index (χ0) is 6.78. The Kier molecular flexibility index (Phi) is 2.89. The van der Waals surface area contributed by atoms with Crippen molar-refractivity contribution < 1.29 is 5.11 Å². The number of aliphatic hydroxyl groups excluding tert-OH is 1. The molecule has 0 spiro atoms. The summed E-state index contributed by atoms with van der Waals surface area (Å²) in [6.07, 6.45) is 0. The molecule has 0 aliphatic carbocycles. The summed E-state index contributed by atoms with van der Waals surface area (Å²) in [4.78, 5) is 0. The Morgan fingerprint density at radius 1 is 1.75 bits per heavy atom. The summed E-state index contributed by atoms with van der Waals surface area (Å²) in [7, 11) is 2.50. The maximum atomic E-state index is 8.57. The van der Waals surface area contributed by atoms with Crippen LogP contribution in [0.3, 0.4) is 0 Å². The van der Waals surface area contributed by atoms with Gasteiger partial charge in [-0.05, 0) is 13.8 Å². The van der Waals surface area contributed by atoms with Gasteiger partial charge in [0.2, 0.25) is 0 Å². The van der Waals surface area contributed by atoms with Gasteiger partial charge in [-0.25, -0.2) is 0 Å². The molecule has 0 heterocycles. The summed E-state index contributed by atoms with van der Waals surface area (Å²) < 4.78 is 0. The largest absolute Gasteiger partial charge is 0.396 e. The quantitative estimate of drug-likeness (QED) is 0.522. The van der Waals surface area contributed by atoms with E-state index >= 15 is 0 Å². The van der Waals surface area contributed by atoms with Gasteiger partial charge in [0.25, 0.3) is 0 Å². The average Bonchev–Trinajstić information content (AvgIpc) is 1.62. The Hall–Kier alpha value is 0.350. The van der Waals surface area contributed by atoms with Crippen LogP contribution in [0.4, 0.5) is 0 Å². The summed E-state index contributed by atoms with van der Waals surface area (Å²) in [6, 6.07) is 0. The Bertz CT molecular complexity index is 69.3. The lowest BCUT2D eigenvalue weighted by atomic mass is 10.0. The van der Waals surface area contributed by atoms with Crippen molar-refractivity contribution in [2.75, 3.05) is 6.61 Å². The van der Waals surface area contributed by atoms with Crippen molar-refractivity contribution in [2.24, 2.45) is 5.73 Å². The minimum atomic E-state index is -0.278. The Morgan fingerprint density at radius 3 is 2.12 bits per heavy atom. The minimum absolute atomic E-state index is 0.0995. The van der Waals surface area contributed by atoms with Crippen molar-refractivity contribution in [3.63, 3.8) is 0 Å². The topological polar surface area (TPSA) is 46.2 Å². The Balaban J connectivity index is 3.62. The fourth-order valence-corrected chi connectivity index (χ4v) is 0.235. The summed E-state index contributed by atoms with van der Waals surface area (Å²) in [6.45, 7) is 3.91. The van der Waals surface area contributed by atoms with Crippen molar-refractivity contribution in [2.45, 2.75) is 25.0 Å². The maximum Gasteiger partial charge on any atom is 0.0511 e. The second-order valence-corrected chi connectivity index (χ2v) is 3.42. The van der Waals surface area contributed by atoms with Crippen LogP contribution in [0.1, 0.15) is 13.8 Å². The molecular formula is C5H14NOP.